The zero-order valence-corrected chi connectivity index (χ0v) is 3.02. The van der Waals surface area contributed by atoms with Crippen LogP contribution in [0.1, 0.15) is 0 Å². The minimum Gasteiger partial charge on any atom is -0.405 e. The van der Waals surface area contributed by atoms with Gasteiger partial charge in [0.1, 0.15) is 0 Å². The molecule has 2 nitrogen and oxygen atoms in total. The summed E-state index contributed by atoms with van der Waals surface area (Å²) in [5.74, 6) is 0. The molecule has 5 heavy (non-hydrogen) atoms. The van der Waals surface area contributed by atoms with Crippen molar-refractivity contribution in [1.29, 1.82) is 0 Å². The number of hydrogen-bond acceptors (Lipinski definition) is 2. The molecule has 0 atom stereocenters. The molecule has 0 radical (unpaired) electrons. The maximum atomic E-state index is 4.97. The first-order valence-electron chi connectivity index (χ1n) is 1.48. The van der Waals surface area contributed by atoms with Gasteiger partial charge < -0.3 is 11.5 Å². The van der Waals surface area contributed by atoms with Crippen molar-refractivity contribution < 1.29 is 0 Å². The van der Waals surface area contributed by atoms with Crippen LogP contribution in [0.3, 0.4) is 0 Å². The molecule has 30 valence electrons. The highest BCUT2D eigenvalue weighted by atomic mass is 14.5. The van der Waals surface area contributed by atoms with E-state index in [2.05, 4.69) is 0 Å². The lowest BCUT2D eigenvalue weighted by molar-refractivity contribution is 1.24. The van der Waals surface area contributed by atoms with Crippen molar-refractivity contribution in [3.8, 4) is 0 Å². The molecular weight excluding hydrogens is 64.0 g/mol. The molecule has 0 saturated heterocycles. The summed E-state index contributed by atoms with van der Waals surface area (Å²) in [6.07, 6.45) is 3.11. The lowest BCUT2D eigenvalue weighted by atomic mass is 10.6. The molecule has 0 aliphatic rings. The highest BCUT2D eigenvalue weighted by Gasteiger charge is 1.51. The molecule has 0 fully saturated rings. The van der Waals surface area contributed by atoms with E-state index in [0.29, 0.717) is 6.54 Å². The lowest BCUT2D eigenvalue weighted by Crippen LogP contribution is -1.93. The summed E-state index contributed by atoms with van der Waals surface area (Å²) in [7, 11) is 0. The highest BCUT2D eigenvalue weighted by molar-refractivity contribution is 4.75. The van der Waals surface area contributed by atoms with Crippen LogP contribution in [0.2, 0.25) is 0 Å². The van der Waals surface area contributed by atoms with Crippen LogP contribution < -0.4 is 11.5 Å². The van der Waals surface area contributed by atoms with Gasteiger partial charge in [-0.25, -0.2) is 0 Å². The Labute approximate surface area is 31.5 Å². The summed E-state index contributed by atoms with van der Waals surface area (Å²) in [6, 6.07) is 0. The van der Waals surface area contributed by atoms with Crippen LogP contribution in [0.25, 0.3) is 0 Å². The Balaban J connectivity index is 2.62. The minimum atomic E-state index is 0.538. The Hall–Kier alpha value is -0.500. The van der Waals surface area contributed by atoms with Crippen LogP contribution >= 0.6 is 0 Å². The summed E-state index contributed by atoms with van der Waals surface area (Å²) < 4.78 is 0. The van der Waals surface area contributed by atoms with E-state index in [0.717, 1.165) is 0 Å². The molecular formula is C3H8N2. The molecule has 0 amide bonds. The van der Waals surface area contributed by atoms with Crippen LogP contribution in [0.15, 0.2) is 12.3 Å². The Kier molecular flexibility index (Phi) is 3.15. The fourth-order valence-electron chi connectivity index (χ4n) is 0.0786. The van der Waals surface area contributed by atoms with Crippen molar-refractivity contribution in [3.63, 3.8) is 0 Å². The van der Waals surface area contributed by atoms with Gasteiger partial charge >= 0.3 is 0 Å². The molecule has 0 saturated carbocycles. The molecule has 0 heterocycles. The highest BCUT2D eigenvalue weighted by Crippen LogP contribution is 1.48. The predicted octanol–water partition coefficient (Wildman–Crippen LogP) is -0.583. The summed E-state index contributed by atoms with van der Waals surface area (Å²) in [4.78, 5) is 0. The summed E-state index contributed by atoms with van der Waals surface area (Å²) >= 11 is 0. The number of nitrogens with two attached hydrogens (primary N) is 2. The zero-order chi connectivity index (χ0) is 4.12. The van der Waals surface area contributed by atoms with Gasteiger partial charge in [-0.15, -0.1) is 0 Å². The first-order chi connectivity index (χ1) is 2.41. The normalized spacial score (nSPS) is 9.80. The molecule has 0 aliphatic heterocycles. The van der Waals surface area contributed by atoms with Gasteiger partial charge in [0.2, 0.25) is 0 Å². The first kappa shape index (κ1) is 4.50. The molecule has 0 aliphatic carbocycles. The van der Waals surface area contributed by atoms with Crippen LogP contribution in [0, 0.1) is 0 Å². The van der Waals surface area contributed by atoms with Gasteiger partial charge in [0, 0.05) is 6.54 Å². The Morgan fingerprint density at radius 1 is 1.60 bits per heavy atom. The maximum absolute atomic E-state index is 4.97. The molecule has 0 unspecified atom stereocenters. The van der Waals surface area contributed by atoms with E-state index in [-0.39, 0.29) is 0 Å². The Bertz CT molecular complexity index is 31.9. The third kappa shape index (κ3) is 3.50. The second-order valence-electron chi connectivity index (χ2n) is 0.664. The topological polar surface area (TPSA) is 52.0 Å². The largest absolute Gasteiger partial charge is 0.405 e. The summed E-state index contributed by atoms with van der Waals surface area (Å²) in [6.45, 7) is 0.538. The predicted molar refractivity (Wildman–Crippen MR) is 22.4 cm³/mol. The van der Waals surface area contributed by atoms with Crippen molar-refractivity contribution in [2.45, 2.75) is 0 Å². The van der Waals surface area contributed by atoms with Crippen molar-refractivity contribution in [3.05, 3.63) is 12.3 Å². The number of hydrogen-bond donors (Lipinski definition) is 2. The fourth-order valence-corrected chi connectivity index (χ4v) is 0.0786. The van der Waals surface area contributed by atoms with E-state index in [1.807, 2.05) is 0 Å². The van der Waals surface area contributed by atoms with E-state index in [9.17, 15) is 0 Å². The Morgan fingerprint density at radius 2 is 2.20 bits per heavy atom. The van der Waals surface area contributed by atoms with Crippen LogP contribution in [0.5, 0.6) is 0 Å². The number of rotatable bonds is 1. The van der Waals surface area contributed by atoms with E-state index in [4.69, 9.17) is 11.5 Å². The monoisotopic (exact) mass is 72.1 g/mol. The maximum Gasteiger partial charge on any atom is 0.0123 e. The van der Waals surface area contributed by atoms with Gasteiger partial charge in [-0.2, -0.15) is 0 Å². The zero-order valence-electron chi connectivity index (χ0n) is 3.02. The fraction of sp³-hybridized carbons (Fsp3) is 0.333. The van der Waals surface area contributed by atoms with Crippen LogP contribution in [-0.2, 0) is 0 Å². The van der Waals surface area contributed by atoms with Gasteiger partial charge in [-0.1, -0.05) is 6.08 Å². The summed E-state index contributed by atoms with van der Waals surface area (Å²) in [5.41, 5.74) is 9.85. The molecule has 0 aromatic heterocycles. The average Bonchev–Trinajstić information content (AvgIpc) is 1.41. The second kappa shape index (κ2) is 3.50. The Morgan fingerprint density at radius 3 is 2.20 bits per heavy atom. The SMILES string of the molecule is N/C=C/CN. The van der Waals surface area contributed by atoms with Gasteiger partial charge in [-0.05, 0) is 6.20 Å². The van der Waals surface area contributed by atoms with Crippen LogP contribution in [0.4, 0.5) is 0 Å². The second-order valence-corrected chi connectivity index (χ2v) is 0.664. The van der Waals surface area contributed by atoms with E-state index < -0.39 is 0 Å². The lowest BCUT2D eigenvalue weighted by Gasteiger charge is -1.68. The summed E-state index contributed by atoms with van der Waals surface area (Å²) in [5, 5.41) is 0. The minimum absolute atomic E-state index is 0.538. The van der Waals surface area contributed by atoms with Crippen molar-refractivity contribution in [1.82, 2.24) is 0 Å². The molecule has 0 spiro atoms. The van der Waals surface area contributed by atoms with Gasteiger partial charge in [0.15, 0.2) is 0 Å². The molecule has 0 rings (SSSR count). The van der Waals surface area contributed by atoms with Crippen molar-refractivity contribution >= 4 is 0 Å². The molecule has 0 aromatic carbocycles. The van der Waals surface area contributed by atoms with Crippen LogP contribution in [-0.4, -0.2) is 6.54 Å². The molecule has 0 bridgehead atoms. The van der Waals surface area contributed by atoms with E-state index in [1.54, 1.807) is 6.08 Å². The van der Waals surface area contributed by atoms with Crippen molar-refractivity contribution in [2.24, 2.45) is 11.5 Å². The molecule has 2 heteroatoms. The molecule has 0 aromatic rings. The molecule has 4 N–H and O–H groups in total. The third-order valence-corrected chi connectivity index (χ3v) is 0.272. The van der Waals surface area contributed by atoms with E-state index >= 15 is 0 Å². The van der Waals surface area contributed by atoms with E-state index in [1.165, 1.54) is 6.20 Å². The smallest absolute Gasteiger partial charge is 0.0123 e. The van der Waals surface area contributed by atoms with Gasteiger partial charge in [0.25, 0.3) is 0 Å². The van der Waals surface area contributed by atoms with Crippen molar-refractivity contribution in [2.75, 3.05) is 6.54 Å². The first-order valence-corrected chi connectivity index (χ1v) is 1.48. The average molecular weight is 72.1 g/mol. The standard InChI is InChI=1S/C3H8N2/c4-2-1-3-5/h1-2H,3-5H2/b2-1+. The van der Waals surface area contributed by atoms with Gasteiger partial charge in [0.05, 0.1) is 0 Å². The quantitative estimate of drug-likeness (QED) is 0.435. The van der Waals surface area contributed by atoms with Gasteiger partial charge in [-0.3, -0.25) is 0 Å². The third-order valence-electron chi connectivity index (χ3n) is 0.272.